The maximum atomic E-state index is 12.2. The van der Waals surface area contributed by atoms with Crippen molar-refractivity contribution >= 4 is 17.6 Å². The molecule has 27 heavy (non-hydrogen) atoms. The van der Waals surface area contributed by atoms with E-state index in [1.54, 1.807) is 25.3 Å². The Morgan fingerprint density at radius 1 is 1.19 bits per heavy atom. The zero-order valence-electron chi connectivity index (χ0n) is 15.6. The van der Waals surface area contributed by atoms with E-state index in [1.807, 2.05) is 37.3 Å². The van der Waals surface area contributed by atoms with Crippen LogP contribution in [-0.2, 0) is 11.3 Å². The summed E-state index contributed by atoms with van der Waals surface area (Å²) >= 11 is 0. The summed E-state index contributed by atoms with van der Waals surface area (Å²) in [6.07, 6.45) is 5.37. The molecule has 2 rings (SSSR count). The van der Waals surface area contributed by atoms with E-state index in [2.05, 4.69) is 26.9 Å². The molecule has 0 atom stereocenters. The van der Waals surface area contributed by atoms with Gasteiger partial charge in [-0.15, -0.1) is 6.42 Å². The molecule has 0 fully saturated rings. The number of terminal acetylenes is 1. The van der Waals surface area contributed by atoms with Crippen LogP contribution in [0.2, 0.25) is 0 Å². The van der Waals surface area contributed by atoms with Crippen molar-refractivity contribution in [3.63, 3.8) is 0 Å². The van der Waals surface area contributed by atoms with Crippen molar-refractivity contribution < 1.29 is 9.53 Å². The number of carbonyl (C=O) groups excluding carboxylic acids is 1. The van der Waals surface area contributed by atoms with E-state index in [0.29, 0.717) is 30.3 Å². The Balaban J connectivity index is 1.92. The Morgan fingerprint density at radius 2 is 2.00 bits per heavy atom. The van der Waals surface area contributed by atoms with Gasteiger partial charge in [-0.05, 0) is 42.8 Å². The summed E-state index contributed by atoms with van der Waals surface area (Å²) in [5.74, 6) is 3.71. The number of nitrogens with one attached hydrogen (secondary N) is 3. The number of aliphatic imine (C=N–C) groups is 1. The number of benzene rings is 2. The van der Waals surface area contributed by atoms with E-state index in [-0.39, 0.29) is 12.5 Å². The average molecular weight is 364 g/mol. The topological polar surface area (TPSA) is 74.8 Å². The van der Waals surface area contributed by atoms with Crippen molar-refractivity contribution in [1.29, 1.82) is 0 Å². The van der Waals surface area contributed by atoms with Gasteiger partial charge in [0.25, 0.3) is 0 Å². The molecule has 0 aliphatic carbocycles. The van der Waals surface area contributed by atoms with E-state index in [1.165, 1.54) is 0 Å². The van der Waals surface area contributed by atoms with Crippen molar-refractivity contribution in [3.05, 3.63) is 59.7 Å². The van der Waals surface area contributed by atoms with E-state index >= 15 is 0 Å². The van der Waals surface area contributed by atoms with Crippen molar-refractivity contribution in [1.82, 2.24) is 10.6 Å². The van der Waals surface area contributed by atoms with Gasteiger partial charge in [-0.3, -0.25) is 4.79 Å². The lowest BCUT2D eigenvalue weighted by molar-refractivity contribution is -0.115. The van der Waals surface area contributed by atoms with Crippen LogP contribution in [0.1, 0.15) is 18.1 Å². The van der Waals surface area contributed by atoms with Gasteiger partial charge in [0.1, 0.15) is 5.75 Å². The van der Waals surface area contributed by atoms with Crippen molar-refractivity contribution in [2.75, 3.05) is 25.5 Å². The van der Waals surface area contributed by atoms with Crippen LogP contribution in [0.3, 0.4) is 0 Å². The summed E-state index contributed by atoms with van der Waals surface area (Å²) in [7, 11) is 1.63. The quantitative estimate of drug-likeness (QED) is 0.401. The van der Waals surface area contributed by atoms with Crippen LogP contribution < -0.4 is 20.7 Å². The van der Waals surface area contributed by atoms with E-state index in [9.17, 15) is 4.79 Å². The minimum absolute atomic E-state index is 0.0875. The van der Waals surface area contributed by atoms with Gasteiger partial charge in [0.2, 0.25) is 5.91 Å². The number of rotatable bonds is 7. The molecule has 0 saturated carbocycles. The first-order chi connectivity index (χ1) is 13.1. The predicted octanol–water partition coefficient (Wildman–Crippen LogP) is 2.37. The van der Waals surface area contributed by atoms with Crippen LogP contribution in [0, 0.1) is 12.3 Å². The largest absolute Gasteiger partial charge is 0.497 e. The molecule has 0 heterocycles. The van der Waals surface area contributed by atoms with Crippen molar-refractivity contribution in [2.24, 2.45) is 4.99 Å². The number of hydrogen-bond acceptors (Lipinski definition) is 3. The molecule has 0 radical (unpaired) electrons. The number of amides is 1. The van der Waals surface area contributed by atoms with E-state index in [0.717, 1.165) is 11.3 Å². The second-order valence-corrected chi connectivity index (χ2v) is 5.67. The molecule has 1 amide bonds. The second-order valence-electron chi connectivity index (χ2n) is 5.67. The molecule has 2 aromatic carbocycles. The third kappa shape index (κ3) is 6.75. The molecule has 2 aromatic rings. The lowest BCUT2D eigenvalue weighted by Gasteiger charge is -2.12. The van der Waals surface area contributed by atoms with Crippen LogP contribution in [0.5, 0.6) is 5.75 Å². The molecule has 0 unspecified atom stereocenters. The molecule has 0 aliphatic rings. The SMILES string of the molecule is C#Cc1cccc(NC(=O)CNC(=NCc2cccc(OC)c2)NCC)c1. The van der Waals surface area contributed by atoms with E-state index < -0.39 is 0 Å². The van der Waals surface area contributed by atoms with Gasteiger partial charge in [-0.25, -0.2) is 4.99 Å². The number of anilines is 1. The Kier molecular flexibility index (Phi) is 7.73. The van der Waals surface area contributed by atoms with Crippen LogP contribution in [-0.4, -0.2) is 32.1 Å². The first-order valence-corrected chi connectivity index (χ1v) is 8.66. The molecule has 140 valence electrons. The zero-order valence-corrected chi connectivity index (χ0v) is 15.6. The fraction of sp³-hybridized carbons (Fsp3) is 0.238. The Hall–Kier alpha value is -3.46. The second kappa shape index (κ2) is 10.5. The minimum Gasteiger partial charge on any atom is -0.497 e. The van der Waals surface area contributed by atoms with Crippen molar-refractivity contribution in [3.8, 4) is 18.1 Å². The summed E-state index contributed by atoms with van der Waals surface area (Å²) in [5, 5.41) is 8.95. The summed E-state index contributed by atoms with van der Waals surface area (Å²) in [6, 6.07) is 14.9. The number of ether oxygens (including phenoxy) is 1. The zero-order chi connectivity index (χ0) is 19.5. The lowest BCUT2D eigenvalue weighted by Crippen LogP contribution is -2.41. The average Bonchev–Trinajstić information content (AvgIpc) is 2.70. The molecule has 0 aliphatic heterocycles. The molecule has 6 heteroatoms. The van der Waals surface area contributed by atoms with Gasteiger partial charge in [0.15, 0.2) is 5.96 Å². The summed E-state index contributed by atoms with van der Waals surface area (Å²) in [5.41, 5.74) is 2.40. The Labute approximate surface area is 160 Å². The van der Waals surface area contributed by atoms with Crippen LogP contribution in [0.25, 0.3) is 0 Å². The third-order valence-electron chi connectivity index (χ3n) is 3.63. The minimum atomic E-state index is -0.184. The maximum Gasteiger partial charge on any atom is 0.243 e. The number of carbonyl (C=O) groups is 1. The predicted molar refractivity (Wildman–Crippen MR) is 109 cm³/mol. The number of guanidine groups is 1. The Bertz CT molecular complexity index is 840. The molecule has 6 nitrogen and oxygen atoms in total. The first-order valence-electron chi connectivity index (χ1n) is 8.66. The van der Waals surface area contributed by atoms with Crippen LogP contribution in [0.4, 0.5) is 5.69 Å². The normalized spacial score (nSPS) is 10.6. The molecule has 0 bridgehead atoms. The summed E-state index contributed by atoms with van der Waals surface area (Å²) < 4.78 is 5.22. The van der Waals surface area contributed by atoms with Crippen LogP contribution in [0.15, 0.2) is 53.5 Å². The van der Waals surface area contributed by atoms with Crippen molar-refractivity contribution in [2.45, 2.75) is 13.5 Å². The van der Waals surface area contributed by atoms with Gasteiger partial charge >= 0.3 is 0 Å². The molecule has 0 aromatic heterocycles. The fourth-order valence-electron chi connectivity index (χ4n) is 2.34. The number of nitrogens with zero attached hydrogens (tertiary/aromatic N) is 1. The molecule has 0 spiro atoms. The summed E-state index contributed by atoms with van der Waals surface area (Å²) in [6.45, 7) is 3.21. The molecular formula is C21H24N4O2. The number of methoxy groups -OCH3 is 1. The van der Waals surface area contributed by atoms with Gasteiger partial charge in [-0.1, -0.05) is 24.1 Å². The standard InChI is InChI=1S/C21H24N4O2/c1-4-16-8-6-10-18(12-16)25-20(26)15-24-21(22-5-2)23-14-17-9-7-11-19(13-17)27-3/h1,6-13H,5,14-15H2,2-3H3,(H,25,26)(H2,22,23,24). The van der Waals surface area contributed by atoms with E-state index in [4.69, 9.17) is 11.2 Å². The molecule has 3 N–H and O–H groups in total. The highest BCUT2D eigenvalue weighted by atomic mass is 16.5. The van der Waals surface area contributed by atoms with Gasteiger partial charge in [0, 0.05) is 17.8 Å². The highest BCUT2D eigenvalue weighted by Crippen LogP contribution is 2.13. The first kappa shape index (κ1) is 19.9. The molecule has 0 saturated heterocycles. The lowest BCUT2D eigenvalue weighted by atomic mass is 10.2. The monoisotopic (exact) mass is 364 g/mol. The maximum absolute atomic E-state index is 12.2. The fourth-order valence-corrected chi connectivity index (χ4v) is 2.34. The Morgan fingerprint density at radius 3 is 2.74 bits per heavy atom. The highest BCUT2D eigenvalue weighted by Gasteiger charge is 2.05. The molecular weight excluding hydrogens is 340 g/mol. The van der Waals surface area contributed by atoms with Crippen LogP contribution >= 0.6 is 0 Å². The smallest absolute Gasteiger partial charge is 0.243 e. The van der Waals surface area contributed by atoms with Gasteiger partial charge in [0.05, 0.1) is 20.2 Å². The van der Waals surface area contributed by atoms with Gasteiger partial charge in [-0.2, -0.15) is 0 Å². The van der Waals surface area contributed by atoms with Gasteiger partial charge < -0.3 is 20.7 Å². The highest BCUT2D eigenvalue weighted by molar-refractivity contribution is 5.95. The third-order valence-corrected chi connectivity index (χ3v) is 3.63. The summed E-state index contributed by atoms with van der Waals surface area (Å²) in [4.78, 5) is 16.7. The number of hydrogen-bond donors (Lipinski definition) is 3.